The molecule has 0 saturated heterocycles. The van der Waals surface area contributed by atoms with Gasteiger partial charge in [0.15, 0.2) is 11.5 Å². The van der Waals surface area contributed by atoms with Gasteiger partial charge in [-0.1, -0.05) is 0 Å². The van der Waals surface area contributed by atoms with Crippen LogP contribution in [0.3, 0.4) is 0 Å². The first kappa shape index (κ1) is 17.0. The van der Waals surface area contributed by atoms with Crippen LogP contribution in [0.1, 0.15) is 5.56 Å². The molecule has 0 amide bonds. The van der Waals surface area contributed by atoms with Crippen LogP contribution in [0.2, 0.25) is 0 Å². The Hall–Kier alpha value is -3.91. The number of thiophene rings is 1. The van der Waals surface area contributed by atoms with Crippen LogP contribution in [0.15, 0.2) is 59.8 Å². The van der Waals surface area contributed by atoms with E-state index in [0.29, 0.717) is 11.5 Å². The van der Waals surface area contributed by atoms with E-state index >= 15 is 0 Å². The summed E-state index contributed by atoms with van der Waals surface area (Å²) in [5.74, 6) is 0.673. The monoisotopic (exact) mass is 409 g/mol. The highest BCUT2D eigenvalue weighted by Gasteiger charge is 2.17. The molecule has 7 nitrogen and oxygen atoms in total. The molecule has 30 heavy (non-hydrogen) atoms. The van der Waals surface area contributed by atoms with E-state index < -0.39 is 0 Å². The van der Waals surface area contributed by atoms with Crippen molar-refractivity contribution in [1.82, 2.24) is 35.1 Å². The van der Waals surface area contributed by atoms with E-state index in [1.54, 1.807) is 29.9 Å². The van der Waals surface area contributed by atoms with E-state index in [1.807, 2.05) is 24.4 Å². The van der Waals surface area contributed by atoms with Gasteiger partial charge >= 0.3 is 0 Å². The van der Waals surface area contributed by atoms with Crippen molar-refractivity contribution in [2.75, 3.05) is 0 Å². The minimum atomic E-state index is 0.669. The first-order valence-electron chi connectivity index (χ1n) is 9.41. The number of nitrogens with one attached hydrogen (secondary N) is 2. The van der Waals surface area contributed by atoms with Crippen molar-refractivity contribution in [1.29, 1.82) is 0 Å². The summed E-state index contributed by atoms with van der Waals surface area (Å²) in [6.45, 7) is 2.05. The summed E-state index contributed by atoms with van der Waals surface area (Å²) in [6.07, 6.45) is 7.20. The zero-order valence-corrected chi connectivity index (χ0v) is 16.7. The third-order valence-electron chi connectivity index (χ3n) is 5.21. The van der Waals surface area contributed by atoms with E-state index in [2.05, 4.69) is 53.9 Å². The number of imidazole rings is 1. The van der Waals surface area contributed by atoms with E-state index in [4.69, 9.17) is 4.98 Å². The molecule has 0 aliphatic rings. The largest absolute Gasteiger partial charge is 0.335 e. The fourth-order valence-corrected chi connectivity index (χ4v) is 4.31. The van der Waals surface area contributed by atoms with Crippen LogP contribution < -0.4 is 0 Å². The smallest absolute Gasteiger partial charge is 0.178 e. The van der Waals surface area contributed by atoms with E-state index in [9.17, 15) is 0 Å². The van der Waals surface area contributed by atoms with E-state index in [-0.39, 0.29) is 0 Å². The molecule has 0 radical (unpaired) electrons. The molecule has 0 spiro atoms. The Labute approximate surface area is 174 Å². The summed E-state index contributed by atoms with van der Waals surface area (Å²) >= 11 is 1.67. The van der Waals surface area contributed by atoms with E-state index in [1.165, 1.54) is 0 Å². The zero-order valence-electron chi connectivity index (χ0n) is 15.9. The average Bonchev–Trinajstić information content (AvgIpc) is 3.51. The van der Waals surface area contributed by atoms with Gasteiger partial charge in [-0.2, -0.15) is 16.4 Å². The number of hydrogen-bond donors (Lipinski definition) is 2. The van der Waals surface area contributed by atoms with Gasteiger partial charge in [0.05, 0.1) is 22.9 Å². The van der Waals surface area contributed by atoms with Crippen LogP contribution in [-0.2, 0) is 0 Å². The molecule has 144 valence electrons. The molecule has 0 atom stereocenters. The minimum absolute atomic E-state index is 0.669. The van der Waals surface area contributed by atoms with E-state index in [0.717, 1.165) is 50.1 Å². The lowest BCUT2D eigenvalue weighted by Crippen LogP contribution is -1.88. The van der Waals surface area contributed by atoms with Gasteiger partial charge in [0.2, 0.25) is 0 Å². The Morgan fingerprint density at radius 2 is 1.97 bits per heavy atom. The lowest BCUT2D eigenvalue weighted by Gasteiger charge is -2.04. The number of aromatic nitrogens is 7. The van der Waals surface area contributed by atoms with Gasteiger partial charge in [-0.05, 0) is 53.1 Å². The summed E-state index contributed by atoms with van der Waals surface area (Å²) in [6, 6.07) is 8.10. The number of fused-ring (bicyclic) bond motifs is 2. The maximum Gasteiger partial charge on any atom is 0.178 e. The molecule has 6 aromatic heterocycles. The van der Waals surface area contributed by atoms with Crippen molar-refractivity contribution in [3.8, 4) is 33.9 Å². The van der Waals surface area contributed by atoms with Crippen molar-refractivity contribution < 1.29 is 0 Å². The van der Waals surface area contributed by atoms with Crippen LogP contribution in [0.4, 0.5) is 0 Å². The molecular weight excluding hydrogens is 394 g/mol. The Morgan fingerprint density at radius 3 is 2.83 bits per heavy atom. The van der Waals surface area contributed by atoms with Crippen molar-refractivity contribution >= 4 is 33.4 Å². The molecule has 0 aromatic carbocycles. The summed E-state index contributed by atoms with van der Waals surface area (Å²) < 4.78 is 0. The first-order valence-corrected chi connectivity index (χ1v) is 10.3. The summed E-state index contributed by atoms with van der Waals surface area (Å²) in [7, 11) is 0. The number of aryl methyl sites for hydroxylation is 1. The number of pyridine rings is 3. The van der Waals surface area contributed by atoms with Crippen LogP contribution >= 0.6 is 11.3 Å². The van der Waals surface area contributed by atoms with Crippen LogP contribution in [0.25, 0.3) is 56.0 Å². The standard InChI is InChI=1S/C22H15N7S/c1-12-2-5-23-9-16(12)17-8-15-18(10-25-17)28-29-20(15)22-26-19-14(13-4-7-30-11-13)3-6-24-21(19)27-22/h2-11H,1H3,(H,28,29)(H,24,26,27). The molecular formula is C22H15N7S. The van der Waals surface area contributed by atoms with Crippen LogP contribution in [-0.4, -0.2) is 35.1 Å². The Bertz CT molecular complexity index is 1510. The normalized spacial score (nSPS) is 11.5. The third kappa shape index (κ3) is 2.61. The first-order chi connectivity index (χ1) is 14.8. The van der Waals surface area contributed by atoms with Crippen molar-refractivity contribution in [2.24, 2.45) is 0 Å². The van der Waals surface area contributed by atoms with Gasteiger partial charge in [0, 0.05) is 35.1 Å². The second-order valence-electron chi connectivity index (χ2n) is 7.03. The maximum atomic E-state index is 4.72. The maximum absolute atomic E-state index is 4.72. The molecule has 0 bridgehead atoms. The van der Waals surface area contributed by atoms with Gasteiger partial charge < -0.3 is 4.98 Å². The quantitative estimate of drug-likeness (QED) is 0.429. The topological polar surface area (TPSA) is 96.0 Å². The van der Waals surface area contributed by atoms with Crippen LogP contribution in [0, 0.1) is 6.92 Å². The Morgan fingerprint density at radius 1 is 1.00 bits per heavy atom. The summed E-state index contributed by atoms with van der Waals surface area (Å²) in [4.78, 5) is 21.4. The lowest BCUT2D eigenvalue weighted by atomic mass is 10.1. The summed E-state index contributed by atoms with van der Waals surface area (Å²) in [5, 5.41) is 12.7. The molecule has 0 fully saturated rings. The number of rotatable bonds is 3. The number of hydrogen-bond acceptors (Lipinski definition) is 6. The summed E-state index contributed by atoms with van der Waals surface area (Å²) in [5.41, 5.74) is 8.35. The highest BCUT2D eigenvalue weighted by Crippen LogP contribution is 2.32. The van der Waals surface area contributed by atoms with Crippen molar-refractivity contribution in [3.63, 3.8) is 0 Å². The SMILES string of the molecule is Cc1ccncc1-c1cc2c(-c3nc4nccc(-c5ccsc5)c4[nH]3)n[nH]c2cn1. The lowest BCUT2D eigenvalue weighted by molar-refractivity contribution is 1.10. The second kappa shape index (κ2) is 6.57. The molecule has 2 N–H and O–H groups in total. The van der Waals surface area contributed by atoms with Gasteiger partial charge in [0.25, 0.3) is 0 Å². The number of aromatic amines is 2. The Kier molecular flexibility index (Phi) is 3.72. The molecule has 6 heterocycles. The van der Waals surface area contributed by atoms with Crippen molar-refractivity contribution in [3.05, 3.63) is 65.4 Å². The minimum Gasteiger partial charge on any atom is -0.335 e. The molecule has 0 saturated carbocycles. The Balaban J connectivity index is 1.53. The molecule has 6 aromatic rings. The number of H-pyrrole nitrogens is 2. The van der Waals surface area contributed by atoms with Gasteiger partial charge in [-0.15, -0.1) is 0 Å². The second-order valence-corrected chi connectivity index (χ2v) is 7.81. The number of nitrogens with zero attached hydrogens (tertiary/aromatic N) is 5. The van der Waals surface area contributed by atoms with Gasteiger partial charge in [-0.3, -0.25) is 15.1 Å². The van der Waals surface area contributed by atoms with Gasteiger partial charge in [-0.25, -0.2) is 9.97 Å². The fourth-order valence-electron chi connectivity index (χ4n) is 3.66. The molecule has 0 aliphatic heterocycles. The molecule has 8 heteroatoms. The third-order valence-corrected chi connectivity index (χ3v) is 5.89. The highest BCUT2D eigenvalue weighted by atomic mass is 32.1. The average molecular weight is 409 g/mol. The zero-order chi connectivity index (χ0) is 20.1. The van der Waals surface area contributed by atoms with Crippen LogP contribution in [0.5, 0.6) is 0 Å². The molecule has 0 aliphatic carbocycles. The fraction of sp³-hybridized carbons (Fsp3) is 0.0455. The molecule has 0 unspecified atom stereocenters. The predicted octanol–water partition coefficient (Wildman–Crippen LogP) is 5.00. The highest BCUT2D eigenvalue weighted by molar-refractivity contribution is 7.08. The van der Waals surface area contributed by atoms with Crippen molar-refractivity contribution in [2.45, 2.75) is 6.92 Å². The predicted molar refractivity (Wildman–Crippen MR) is 118 cm³/mol. The molecule has 6 rings (SSSR count). The van der Waals surface area contributed by atoms with Gasteiger partial charge in [0.1, 0.15) is 5.69 Å².